The van der Waals surface area contributed by atoms with Crippen molar-refractivity contribution in [1.82, 2.24) is 24.4 Å². The molecule has 2 aromatic heterocycles. The molecule has 2 rings (SSSR count). The van der Waals surface area contributed by atoms with E-state index in [0.29, 0.717) is 30.2 Å². The normalized spacial score (nSPS) is 12.3. The summed E-state index contributed by atoms with van der Waals surface area (Å²) in [5.41, 5.74) is 1.12. The van der Waals surface area contributed by atoms with Crippen LogP contribution in [0.4, 0.5) is 5.82 Å². The summed E-state index contributed by atoms with van der Waals surface area (Å²) < 4.78 is 25.3. The van der Waals surface area contributed by atoms with Crippen molar-refractivity contribution in [2.75, 3.05) is 26.3 Å². The lowest BCUT2D eigenvalue weighted by Crippen LogP contribution is -2.24. The molecule has 2 heterocycles. The monoisotopic (exact) mass is 424 g/mol. The Bertz CT molecular complexity index is 807. The highest BCUT2D eigenvalue weighted by molar-refractivity contribution is 7.52. The molecule has 29 heavy (non-hydrogen) atoms. The van der Waals surface area contributed by atoms with E-state index < -0.39 is 7.60 Å². The van der Waals surface area contributed by atoms with Gasteiger partial charge in [0.15, 0.2) is 17.0 Å². The highest BCUT2D eigenvalue weighted by atomic mass is 31.2. The molecule has 0 aliphatic carbocycles. The van der Waals surface area contributed by atoms with Crippen LogP contribution < -0.4 is 0 Å². The van der Waals surface area contributed by atoms with Gasteiger partial charge in [0.2, 0.25) is 0 Å². The van der Waals surface area contributed by atoms with Gasteiger partial charge in [0, 0.05) is 13.1 Å². The van der Waals surface area contributed by atoms with Crippen molar-refractivity contribution in [1.29, 1.82) is 0 Å². The topological polar surface area (TPSA) is 94.7 Å². The zero-order chi connectivity index (χ0) is 21.1. The number of aliphatic imine (C=N–C) groups is 1. The molecule has 0 radical (unpaired) electrons. The van der Waals surface area contributed by atoms with Crippen molar-refractivity contribution >= 4 is 30.9 Å². The predicted molar refractivity (Wildman–Crippen MR) is 116 cm³/mol. The average Bonchev–Trinajstić information content (AvgIpc) is 3.11. The van der Waals surface area contributed by atoms with Gasteiger partial charge in [0.05, 0.1) is 25.9 Å². The molecule has 0 aliphatic heterocycles. The maximum Gasteiger partial charge on any atom is 0.350 e. The van der Waals surface area contributed by atoms with Crippen molar-refractivity contribution in [2.24, 2.45) is 4.99 Å². The van der Waals surface area contributed by atoms with E-state index >= 15 is 0 Å². The molecule has 0 saturated carbocycles. The Kier molecular flexibility index (Phi) is 9.70. The predicted octanol–water partition coefficient (Wildman–Crippen LogP) is 4.61. The molecule has 0 aromatic carbocycles. The van der Waals surface area contributed by atoms with Gasteiger partial charge < -0.3 is 18.5 Å². The standard InChI is InChI=1S/C19H33N6O3P/c1-5-9-11-24(12-10-6-2)14-23-18-17-19(21-13-20-18)25(15-22-17)16-29(26,27-7-3)28-8-4/h13-15H,5-12,16H2,1-4H3. The van der Waals surface area contributed by atoms with Gasteiger partial charge in [-0.05, 0) is 26.7 Å². The summed E-state index contributed by atoms with van der Waals surface area (Å²) in [5, 5.41) is 0. The van der Waals surface area contributed by atoms with Gasteiger partial charge in [-0.25, -0.2) is 19.9 Å². The van der Waals surface area contributed by atoms with E-state index in [9.17, 15) is 4.57 Å². The van der Waals surface area contributed by atoms with E-state index in [1.165, 1.54) is 6.33 Å². The fourth-order valence-electron chi connectivity index (χ4n) is 2.85. The van der Waals surface area contributed by atoms with Crippen LogP contribution in [0.5, 0.6) is 0 Å². The zero-order valence-electron chi connectivity index (χ0n) is 18.0. The van der Waals surface area contributed by atoms with Crippen molar-refractivity contribution in [3.05, 3.63) is 12.7 Å². The van der Waals surface area contributed by atoms with E-state index in [1.807, 2.05) is 6.34 Å². The van der Waals surface area contributed by atoms with Gasteiger partial charge in [-0.15, -0.1) is 0 Å². The fraction of sp³-hybridized carbons (Fsp3) is 0.684. The molecule has 0 aliphatic rings. The Hall–Kier alpha value is -1.83. The second-order valence-electron chi connectivity index (χ2n) is 6.66. The van der Waals surface area contributed by atoms with E-state index in [0.717, 1.165) is 38.8 Å². The van der Waals surface area contributed by atoms with Crippen molar-refractivity contribution in [2.45, 2.75) is 59.7 Å². The van der Waals surface area contributed by atoms with Gasteiger partial charge in [-0.2, -0.15) is 0 Å². The van der Waals surface area contributed by atoms with E-state index in [4.69, 9.17) is 9.05 Å². The Morgan fingerprint density at radius 3 is 2.31 bits per heavy atom. The quantitative estimate of drug-likeness (QED) is 0.248. The summed E-state index contributed by atoms with van der Waals surface area (Å²) in [7, 11) is -3.27. The third-order valence-electron chi connectivity index (χ3n) is 4.30. The number of unbranched alkanes of at least 4 members (excludes halogenated alkanes) is 2. The van der Waals surface area contributed by atoms with Crippen molar-refractivity contribution in [3.63, 3.8) is 0 Å². The SMILES string of the molecule is CCCCN(C=Nc1ncnc2c1ncn2CP(=O)(OCC)OCC)CCCC. The highest BCUT2D eigenvalue weighted by Crippen LogP contribution is 2.50. The van der Waals surface area contributed by atoms with Gasteiger partial charge in [-0.1, -0.05) is 26.7 Å². The summed E-state index contributed by atoms with van der Waals surface area (Å²) in [4.78, 5) is 19.8. The summed E-state index contributed by atoms with van der Waals surface area (Å²) in [5.74, 6) is 0.495. The molecule has 0 N–H and O–H groups in total. The lowest BCUT2D eigenvalue weighted by atomic mass is 10.3. The maximum atomic E-state index is 12.9. The third kappa shape index (κ3) is 6.87. The Morgan fingerprint density at radius 2 is 1.72 bits per heavy atom. The van der Waals surface area contributed by atoms with Crippen LogP contribution in [0.2, 0.25) is 0 Å². The van der Waals surface area contributed by atoms with E-state index in [1.54, 1.807) is 24.7 Å². The minimum atomic E-state index is -3.27. The number of hydrogen-bond acceptors (Lipinski definition) is 7. The molecule has 10 heteroatoms. The lowest BCUT2D eigenvalue weighted by Gasteiger charge is -2.18. The second kappa shape index (κ2) is 12.0. The van der Waals surface area contributed by atoms with Crippen LogP contribution in [0.3, 0.4) is 0 Å². The molecule has 0 atom stereocenters. The molecular weight excluding hydrogens is 391 g/mol. The fourth-order valence-corrected chi connectivity index (χ4v) is 4.46. The van der Waals surface area contributed by atoms with Crippen LogP contribution in [0.25, 0.3) is 11.2 Å². The Labute approximate surface area is 173 Å². The number of nitrogens with zero attached hydrogens (tertiary/aromatic N) is 6. The van der Waals surface area contributed by atoms with Crippen molar-refractivity contribution in [3.8, 4) is 0 Å². The van der Waals surface area contributed by atoms with Crippen LogP contribution in [-0.4, -0.2) is 57.1 Å². The zero-order valence-corrected chi connectivity index (χ0v) is 18.8. The van der Waals surface area contributed by atoms with Crippen LogP contribution in [0, 0.1) is 0 Å². The minimum Gasteiger partial charge on any atom is -0.363 e. The molecule has 0 unspecified atom stereocenters. The summed E-state index contributed by atoms with van der Waals surface area (Å²) in [6, 6.07) is 0. The number of hydrogen-bond donors (Lipinski definition) is 0. The van der Waals surface area contributed by atoms with Crippen LogP contribution >= 0.6 is 7.60 Å². The molecule has 162 valence electrons. The molecule has 9 nitrogen and oxygen atoms in total. The molecular formula is C19H33N6O3P. The number of imidazole rings is 1. The first kappa shape index (κ1) is 23.4. The summed E-state index contributed by atoms with van der Waals surface area (Å²) >= 11 is 0. The molecule has 0 saturated heterocycles. The molecule has 2 aromatic rings. The summed E-state index contributed by atoms with van der Waals surface area (Å²) in [6.07, 6.45) is 9.43. The Balaban J connectivity index is 2.25. The molecule has 0 fully saturated rings. The molecule has 0 bridgehead atoms. The number of aromatic nitrogens is 4. The largest absolute Gasteiger partial charge is 0.363 e. The third-order valence-corrected chi connectivity index (χ3v) is 6.25. The highest BCUT2D eigenvalue weighted by Gasteiger charge is 2.26. The molecule has 0 amide bonds. The lowest BCUT2D eigenvalue weighted by molar-refractivity contribution is 0.214. The minimum absolute atomic E-state index is 0.0461. The average molecular weight is 424 g/mol. The van der Waals surface area contributed by atoms with Crippen LogP contribution in [0.1, 0.15) is 53.4 Å². The van der Waals surface area contributed by atoms with E-state index in [2.05, 4.69) is 38.7 Å². The Morgan fingerprint density at radius 1 is 1.07 bits per heavy atom. The molecule has 0 spiro atoms. The van der Waals surface area contributed by atoms with E-state index in [-0.39, 0.29) is 6.29 Å². The first-order valence-corrected chi connectivity index (χ1v) is 12.1. The first-order valence-electron chi connectivity index (χ1n) is 10.4. The first-order chi connectivity index (χ1) is 14.1. The van der Waals surface area contributed by atoms with Gasteiger partial charge in [0.1, 0.15) is 12.6 Å². The summed E-state index contributed by atoms with van der Waals surface area (Å²) in [6.45, 7) is 10.5. The smallest absolute Gasteiger partial charge is 0.350 e. The number of rotatable bonds is 14. The van der Waals surface area contributed by atoms with Gasteiger partial charge >= 0.3 is 7.60 Å². The number of fused-ring (bicyclic) bond motifs is 1. The van der Waals surface area contributed by atoms with Crippen molar-refractivity contribution < 1.29 is 13.6 Å². The second-order valence-corrected chi connectivity index (χ2v) is 8.68. The van der Waals surface area contributed by atoms with Gasteiger partial charge in [-0.3, -0.25) is 4.57 Å². The van der Waals surface area contributed by atoms with Crippen LogP contribution in [-0.2, 0) is 19.9 Å². The van der Waals surface area contributed by atoms with Crippen LogP contribution in [0.15, 0.2) is 17.6 Å². The maximum absolute atomic E-state index is 12.9. The van der Waals surface area contributed by atoms with Gasteiger partial charge in [0.25, 0.3) is 0 Å².